The van der Waals surface area contributed by atoms with Gasteiger partial charge >= 0.3 is 0 Å². The number of rotatable bonds is 30. The minimum atomic E-state index is -1.91. The zero-order valence-corrected chi connectivity index (χ0v) is 80.4. The standard InChI is InChI=1S/C95H132N24O20S/c1-9-11-13-15-28-74-87(132)107-65(27-21-35-101-95(98)99)83(128)114-73(82(127)104-47-79(97)124)50-140-51-80(125)106-69(38-55-31-33-59(121)34-32-55)90(135)115(6)54(5)81(126)110-71(43-78(96)123)92(137)118-36-22-30-75(118)88(133)109-67(41-58-46-100-52-105-58)85(130)111-68(37-53(3)4)93(138)119-48-60(122)42-77(119)89(134)108-66(39-56-44-102-63-25-19-17-23-61(56)63)84(129)113-72(49-120)86(131)112-70(40-57-45-103-64-26-20-18-24-62(57)64)91(136)117(8)76(94(139)116(74)7)29-16-14-12-10-2/h9-10,17-20,23-26,31-34,44-46,52-54,60,65-77,102-103,120-122H,1-2,11-16,21-22,27-30,35-43,47-51H2,3-8H3,(H2,96,123)(H2,97,124)(H,100,105)(H,104,127)(H,106,125)(H,107,132)(H,108,134)(H,109,133)(H,110,126)(H,111,130)(H,112,131)(H,113,129)(H,114,128)(H4,98,99,101)/t54-,60+,65-,66-,67-,68-,69-,70-,71-,72-,73-,74-,75-,76-,77-/m0/s1. The Balaban J connectivity index is 1.12. The van der Waals surface area contributed by atoms with E-state index in [9.17, 15) is 53.7 Å². The van der Waals surface area contributed by atoms with E-state index in [0.717, 1.165) is 36.3 Å². The molecule has 0 saturated carbocycles. The summed E-state index contributed by atoms with van der Waals surface area (Å²) in [6.45, 7) is 9.97. The van der Waals surface area contributed by atoms with E-state index in [2.05, 4.69) is 91.6 Å². The Hall–Kier alpha value is -14.2. The lowest BCUT2D eigenvalue weighted by Crippen LogP contribution is -2.62. The zero-order chi connectivity index (χ0) is 102. The monoisotopic (exact) mass is 1960 g/mol. The number of guanidine groups is 1. The van der Waals surface area contributed by atoms with Crippen LogP contribution in [0.15, 0.2) is 123 Å². The van der Waals surface area contributed by atoms with Gasteiger partial charge in [0.25, 0.3) is 0 Å². The number of hydrogen-bond acceptors (Lipinski definition) is 23. The molecule has 0 bridgehead atoms. The number of carbonyl (C=O) groups is 17. The molecule has 15 atom stereocenters. The molecule has 3 aliphatic heterocycles. The first kappa shape index (κ1) is 109. The molecule has 3 aromatic carbocycles. The van der Waals surface area contributed by atoms with Crippen molar-refractivity contribution in [1.29, 1.82) is 5.41 Å². The largest absolute Gasteiger partial charge is 0.508 e. The van der Waals surface area contributed by atoms with Crippen LogP contribution in [0.1, 0.15) is 139 Å². The van der Waals surface area contributed by atoms with Gasteiger partial charge in [-0.15, -0.1) is 24.9 Å². The molecule has 140 heavy (non-hydrogen) atoms. The van der Waals surface area contributed by atoms with Gasteiger partial charge in [-0.2, -0.15) is 0 Å². The molecule has 0 spiro atoms. The number of imidazole rings is 1. The van der Waals surface area contributed by atoms with Crippen LogP contribution in [0.2, 0.25) is 0 Å². The SMILES string of the molecule is C=CCCCC[C@H]1C(=O)N(C)[C@@H](CCCCC=C)C(=O)N[C@@H](CCCNC(=N)N)C(=O)N[C@H](C(=O)NCC(N)=O)CSCC(=O)N[C@@H](Cc2ccc(O)cc2)C(=O)N(C)[C@@H](C)C(=O)N[C@@H](CC(N)=O)C(=O)N2CCC[C@H]2C(=O)N[C@@H](Cc2cnc[nH]2)C(=O)N[C@@H](CC(C)C)C(=O)N2C[C@H](O)C[C@H]2C(=O)N[C@@H](Cc2c[nH]c3ccccc23)C(=O)N[C@@H](CO)C(=O)N[C@@H](Cc2c[nH]c3ccccc23)C(=O)N1C. The van der Waals surface area contributed by atoms with Gasteiger partial charge in [0.05, 0.1) is 37.8 Å². The van der Waals surface area contributed by atoms with Crippen LogP contribution in [0.4, 0.5) is 0 Å². The number of H-pyrrole nitrogens is 3. The topological polar surface area (TPSA) is 662 Å². The number of primary amides is 2. The normalized spacial score (nSPS) is 24.2. The average Bonchev–Trinajstić information content (AvgIpc) is 1.68. The van der Waals surface area contributed by atoms with Gasteiger partial charge < -0.3 is 130 Å². The molecule has 0 unspecified atom stereocenters. The number of unbranched alkanes of at least 4 members (excludes halogenated alkanes) is 4. The number of benzene rings is 3. The quantitative estimate of drug-likeness (QED) is 0.0102. The summed E-state index contributed by atoms with van der Waals surface area (Å²) in [4.78, 5) is 271. The summed E-state index contributed by atoms with van der Waals surface area (Å²) >= 11 is 0.755. The summed E-state index contributed by atoms with van der Waals surface area (Å²) in [7, 11) is 3.89. The summed E-state index contributed by atoms with van der Waals surface area (Å²) in [6, 6.07) is -2.56. The van der Waals surface area contributed by atoms with Crippen molar-refractivity contribution in [2.24, 2.45) is 23.1 Å². The molecular weight excluding hydrogens is 1830 g/mol. The van der Waals surface area contributed by atoms with Crippen molar-refractivity contribution in [3.05, 3.63) is 145 Å². The first-order chi connectivity index (χ1) is 66.8. The minimum absolute atomic E-state index is 0.0168. The lowest BCUT2D eigenvalue weighted by atomic mass is 9.99. The number of aromatic nitrogens is 4. The molecule has 6 heterocycles. The molecule has 0 radical (unpaired) electrons. The molecule has 44 nitrogen and oxygen atoms in total. The third-order valence-corrected chi connectivity index (χ3v) is 26.0. The smallest absolute Gasteiger partial charge is 0.246 e. The Morgan fingerprint density at radius 1 is 0.557 bits per heavy atom. The lowest BCUT2D eigenvalue weighted by Gasteiger charge is -2.36. The summed E-state index contributed by atoms with van der Waals surface area (Å²) in [5.41, 5.74) is 19.8. The van der Waals surface area contributed by atoms with Crippen LogP contribution < -0.4 is 75.7 Å². The van der Waals surface area contributed by atoms with Crippen molar-refractivity contribution in [3.8, 4) is 5.75 Å². The van der Waals surface area contributed by atoms with Gasteiger partial charge in [0.2, 0.25) is 100 Å². The molecular formula is C95H132N24O20S. The molecule has 3 fully saturated rings. The lowest BCUT2D eigenvalue weighted by molar-refractivity contribution is -0.149. The Labute approximate surface area is 814 Å². The maximum absolute atomic E-state index is 15.9. The molecule has 9 rings (SSSR count). The predicted molar refractivity (Wildman–Crippen MR) is 518 cm³/mol. The second-order valence-electron chi connectivity index (χ2n) is 35.8. The van der Waals surface area contributed by atoms with Crippen molar-refractivity contribution in [2.45, 2.75) is 233 Å². The van der Waals surface area contributed by atoms with Crippen LogP contribution in [-0.4, -0.2) is 322 Å². The summed E-state index contributed by atoms with van der Waals surface area (Å²) < 4.78 is 0. The fourth-order valence-corrected chi connectivity index (χ4v) is 18.1. The molecule has 17 amide bonds. The minimum Gasteiger partial charge on any atom is -0.508 e. The number of fused-ring (bicyclic) bond motifs is 4. The number of para-hydroxylation sites is 2. The van der Waals surface area contributed by atoms with Crippen molar-refractivity contribution in [3.63, 3.8) is 0 Å². The van der Waals surface area contributed by atoms with E-state index in [-0.39, 0.29) is 108 Å². The van der Waals surface area contributed by atoms with E-state index < -0.39 is 241 Å². The highest BCUT2D eigenvalue weighted by molar-refractivity contribution is 8.00. The molecule has 45 heteroatoms. The number of aromatic hydroxyl groups is 1. The highest BCUT2D eigenvalue weighted by Crippen LogP contribution is 2.29. The molecule has 3 aromatic heterocycles. The van der Waals surface area contributed by atoms with Gasteiger partial charge in [-0.25, -0.2) is 4.98 Å². The maximum atomic E-state index is 15.9. The summed E-state index contributed by atoms with van der Waals surface area (Å²) in [6.07, 6.45) is 7.54. The highest BCUT2D eigenvalue weighted by Gasteiger charge is 2.47. The first-order valence-electron chi connectivity index (χ1n) is 46.8. The Morgan fingerprint density at radius 2 is 1.09 bits per heavy atom. The first-order valence-corrected chi connectivity index (χ1v) is 47.9. The number of likely N-dealkylation sites (N-methyl/N-ethyl adjacent to an activating group) is 3. The van der Waals surface area contributed by atoms with Gasteiger partial charge in [-0.3, -0.25) is 86.9 Å². The molecule has 6 aromatic rings. The number of nitrogens with one attached hydrogen (secondary N) is 15. The van der Waals surface area contributed by atoms with Gasteiger partial charge in [0, 0.05) is 125 Å². The van der Waals surface area contributed by atoms with E-state index in [1.165, 1.54) is 64.9 Å². The number of nitrogens with zero attached hydrogens (tertiary/aromatic N) is 6. The third-order valence-electron chi connectivity index (χ3n) is 24.9. The number of amides is 17. The fraction of sp³-hybridized carbons (Fsp3) is 0.505. The maximum Gasteiger partial charge on any atom is 0.246 e. The molecule has 3 saturated heterocycles. The average molecular weight is 1960 g/mol. The van der Waals surface area contributed by atoms with Gasteiger partial charge in [0.15, 0.2) is 5.96 Å². The van der Waals surface area contributed by atoms with Gasteiger partial charge in [-0.05, 0) is 124 Å². The summed E-state index contributed by atoms with van der Waals surface area (Å²) in [5.74, 6) is -18.3. The molecule has 3 aliphatic rings. The summed E-state index contributed by atoms with van der Waals surface area (Å²) in [5, 5.41) is 71.3. The zero-order valence-electron chi connectivity index (χ0n) is 79.5. The van der Waals surface area contributed by atoms with E-state index in [4.69, 9.17) is 22.6 Å². The van der Waals surface area contributed by atoms with Crippen molar-refractivity contribution >= 4 is 140 Å². The second kappa shape index (κ2) is 53.1. The van der Waals surface area contributed by atoms with Crippen LogP contribution in [0.3, 0.4) is 0 Å². The van der Waals surface area contributed by atoms with Crippen LogP contribution >= 0.6 is 11.8 Å². The predicted octanol–water partition coefficient (Wildman–Crippen LogP) is -1.82. The fourth-order valence-electron chi connectivity index (χ4n) is 17.2. The van der Waals surface area contributed by atoms with E-state index in [0.29, 0.717) is 69.9 Å². The number of aliphatic hydroxyl groups is 2. The van der Waals surface area contributed by atoms with Gasteiger partial charge in [0.1, 0.15) is 90.3 Å². The number of carbonyl (C=O) groups excluding carboxylic acids is 17. The van der Waals surface area contributed by atoms with Crippen molar-refractivity contribution in [1.82, 2.24) is 103 Å². The molecule has 24 N–H and O–H groups in total. The number of aliphatic hydroxyl groups excluding tert-OH is 2. The van der Waals surface area contributed by atoms with E-state index in [1.807, 2.05) is 0 Å². The van der Waals surface area contributed by atoms with Crippen molar-refractivity contribution < 1.29 is 96.8 Å². The number of thioether (sulfide) groups is 1. The Kier molecular flexibility index (Phi) is 41.5. The third kappa shape index (κ3) is 31.1. The van der Waals surface area contributed by atoms with Crippen LogP contribution in [0, 0.1) is 11.3 Å². The van der Waals surface area contributed by atoms with Crippen LogP contribution in [0.5, 0.6) is 5.75 Å². The van der Waals surface area contributed by atoms with Crippen LogP contribution in [0.25, 0.3) is 21.8 Å². The molecule has 0 aliphatic carbocycles. The van der Waals surface area contributed by atoms with Gasteiger partial charge in [-0.1, -0.05) is 87.4 Å². The molecule has 758 valence electrons. The van der Waals surface area contributed by atoms with E-state index in [1.54, 1.807) is 86.9 Å². The Morgan fingerprint density at radius 3 is 1.69 bits per heavy atom. The number of phenolic OH excluding ortho intramolecular Hbond substituents is 1. The van der Waals surface area contributed by atoms with Crippen LogP contribution in [-0.2, 0) is 107 Å². The second-order valence-corrected chi connectivity index (χ2v) is 36.9. The number of nitrogens with two attached hydrogens (primary N) is 3. The number of hydrogen-bond donors (Lipinski definition) is 21. The number of allylic oxidation sites excluding steroid dienone is 2. The van der Waals surface area contributed by atoms with E-state index >= 15 is 43.2 Å². The highest BCUT2D eigenvalue weighted by atomic mass is 32.2. The number of phenols is 1. The van der Waals surface area contributed by atoms with Crippen molar-refractivity contribution in [2.75, 3.05) is 65.4 Å². The number of aromatic amines is 3. The Bertz CT molecular complexity index is 5400.